The Morgan fingerprint density at radius 3 is 2.29 bits per heavy atom. The van der Waals surface area contributed by atoms with Gasteiger partial charge < -0.3 is 10.5 Å². The Morgan fingerprint density at radius 2 is 1.76 bits per heavy atom. The minimum absolute atomic E-state index is 0.214. The van der Waals surface area contributed by atoms with Gasteiger partial charge in [0.2, 0.25) is 0 Å². The molecule has 0 spiro atoms. The zero-order valence-electron chi connectivity index (χ0n) is 8.66. The second kappa shape index (κ2) is 5.53. The fraction of sp³-hybridized carbons (Fsp3) is 0.300. The van der Waals surface area contributed by atoms with Crippen LogP contribution in [0.25, 0.3) is 0 Å². The van der Waals surface area contributed by atoms with Crippen molar-refractivity contribution < 1.29 is 27.4 Å². The largest absolute Gasteiger partial charge is 0.522 e. The van der Waals surface area contributed by atoms with Gasteiger partial charge in [-0.2, -0.15) is 0 Å². The van der Waals surface area contributed by atoms with Crippen LogP contribution in [0.5, 0.6) is 0 Å². The lowest BCUT2D eigenvalue weighted by molar-refractivity contribution is -0.326. The van der Waals surface area contributed by atoms with Crippen molar-refractivity contribution in [2.24, 2.45) is 0 Å². The number of benzene rings is 1. The molecular weight excluding hydrogens is 239 g/mol. The average molecular weight is 249 g/mol. The van der Waals surface area contributed by atoms with E-state index in [-0.39, 0.29) is 5.56 Å². The predicted octanol–water partition coefficient (Wildman–Crippen LogP) is 1.96. The number of halogens is 3. The van der Waals surface area contributed by atoms with E-state index in [0.717, 1.165) is 0 Å². The van der Waals surface area contributed by atoms with Crippen LogP contribution in [-0.4, -0.2) is 25.5 Å². The van der Waals surface area contributed by atoms with E-state index in [9.17, 15) is 18.0 Å². The summed E-state index contributed by atoms with van der Waals surface area (Å²) in [4.78, 5) is 11.3. The highest BCUT2D eigenvalue weighted by atomic mass is 19.4. The zero-order chi connectivity index (χ0) is 12.9. The van der Waals surface area contributed by atoms with E-state index in [0.29, 0.717) is 5.69 Å². The first-order valence-electron chi connectivity index (χ1n) is 4.62. The number of rotatable bonds is 4. The number of anilines is 1. The lowest BCUT2D eigenvalue weighted by Crippen LogP contribution is -2.18. The van der Waals surface area contributed by atoms with Crippen LogP contribution in [0.2, 0.25) is 0 Å². The monoisotopic (exact) mass is 249 g/mol. The molecule has 0 atom stereocenters. The average Bonchev–Trinajstić information content (AvgIpc) is 2.24. The second-order valence-electron chi connectivity index (χ2n) is 3.05. The predicted molar refractivity (Wildman–Crippen MR) is 53.1 cm³/mol. The molecule has 1 aromatic rings. The summed E-state index contributed by atoms with van der Waals surface area (Å²) in [7, 11) is 0. The van der Waals surface area contributed by atoms with Gasteiger partial charge in [0.1, 0.15) is 6.61 Å². The lowest BCUT2D eigenvalue weighted by Gasteiger charge is -2.08. The molecule has 17 heavy (non-hydrogen) atoms. The molecular formula is C10H10F3NO3. The van der Waals surface area contributed by atoms with E-state index < -0.39 is 25.5 Å². The van der Waals surface area contributed by atoms with E-state index >= 15 is 0 Å². The van der Waals surface area contributed by atoms with Crippen LogP contribution in [0.3, 0.4) is 0 Å². The fourth-order valence-electron chi connectivity index (χ4n) is 0.994. The van der Waals surface area contributed by atoms with Crippen molar-refractivity contribution in [1.29, 1.82) is 0 Å². The summed E-state index contributed by atoms with van der Waals surface area (Å²) in [5.74, 6) is -0.726. The molecule has 0 heterocycles. The van der Waals surface area contributed by atoms with Crippen LogP contribution < -0.4 is 5.73 Å². The summed E-state index contributed by atoms with van der Waals surface area (Å²) < 4.78 is 42.7. The number of carbonyl (C=O) groups is 1. The normalized spacial score (nSPS) is 11.2. The van der Waals surface area contributed by atoms with E-state index in [1.807, 2.05) is 0 Å². The lowest BCUT2D eigenvalue weighted by atomic mass is 10.2. The number of hydrogen-bond acceptors (Lipinski definition) is 4. The highest BCUT2D eigenvalue weighted by molar-refractivity contribution is 5.89. The molecule has 1 rings (SSSR count). The number of hydrogen-bond donors (Lipinski definition) is 1. The van der Waals surface area contributed by atoms with Gasteiger partial charge in [0, 0.05) is 5.69 Å². The molecule has 4 nitrogen and oxygen atoms in total. The maximum absolute atomic E-state index is 11.6. The second-order valence-corrected chi connectivity index (χ2v) is 3.05. The van der Waals surface area contributed by atoms with Gasteiger partial charge >= 0.3 is 12.3 Å². The van der Waals surface area contributed by atoms with Crippen LogP contribution in [0.4, 0.5) is 18.9 Å². The van der Waals surface area contributed by atoms with Gasteiger partial charge in [-0.05, 0) is 24.3 Å². The highest BCUT2D eigenvalue weighted by Crippen LogP contribution is 2.15. The van der Waals surface area contributed by atoms with Crippen molar-refractivity contribution >= 4 is 11.7 Å². The van der Waals surface area contributed by atoms with Crippen LogP contribution >= 0.6 is 0 Å². The summed E-state index contributed by atoms with van der Waals surface area (Å²) in [6.07, 6.45) is -4.71. The molecule has 0 aromatic heterocycles. The minimum Gasteiger partial charge on any atom is -0.460 e. The van der Waals surface area contributed by atoms with Gasteiger partial charge in [0.15, 0.2) is 0 Å². The number of nitrogen functional groups attached to an aromatic ring is 1. The summed E-state index contributed by atoms with van der Waals surface area (Å²) in [5, 5.41) is 0. The molecule has 0 radical (unpaired) electrons. The smallest absolute Gasteiger partial charge is 0.460 e. The molecule has 0 aliphatic heterocycles. The van der Waals surface area contributed by atoms with Gasteiger partial charge in [0.25, 0.3) is 0 Å². The first kappa shape index (κ1) is 13.3. The molecule has 0 aliphatic carbocycles. The van der Waals surface area contributed by atoms with E-state index in [1.54, 1.807) is 0 Å². The fourth-order valence-corrected chi connectivity index (χ4v) is 0.994. The third-order valence-electron chi connectivity index (χ3n) is 1.73. The first-order chi connectivity index (χ1) is 7.88. The molecule has 0 aliphatic rings. The van der Waals surface area contributed by atoms with Crippen molar-refractivity contribution in [3.63, 3.8) is 0 Å². The number of nitrogens with two attached hydrogens (primary N) is 1. The van der Waals surface area contributed by atoms with Crippen molar-refractivity contribution in [2.45, 2.75) is 6.36 Å². The van der Waals surface area contributed by atoms with Crippen molar-refractivity contribution in [3.8, 4) is 0 Å². The molecule has 0 bridgehead atoms. The number of esters is 1. The Morgan fingerprint density at radius 1 is 1.18 bits per heavy atom. The van der Waals surface area contributed by atoms with Gasteiger partial charge in [-0.25, -0.2) is 4.79 Å². The molecule has 0 saturated carbocycles. The Bertz CT molecular complexity index is 375. The Balaban J connectivity index is 2.33. The van der Waals surface area contributed by atoms with Crippen molar-refractivity contribution in [1.82, 2.24) is 0 Å². The van der Waals surface area contributed by atoms with Crippen molar-refractivity contribution in [2.75, 3.05) is 18.9 Å². The molecule has 2 N–H and O–H groups in total. The molecule has 0 saturated heterocycles. The Labute approximate surface area is 95.1 Å². The van der Waals surface area contributed by atoms with Crippen molar-refractivity contribution in [3.05, 3.63) is 29.8 Å². The molecule has 0 amide bonds. The molecule has 1 aromatic carbocycles. The zero-order valence-corrected chi connectivity index (χ0v) is 8.66. The van der Waals surface area contributed by atoms with Gasteiger partial charge in [0.05, 0.1) is 12.2 Å². The van der Waals surface area contributed by atoms with Crippen LogP contribution in [0, 0.1) is 0 Å². The number of carbonyl (C=O) groups excluding carboxylic acids is 1. The molecule has 7 heteroatoms. The molecule has 0 fully saturated rings. The minimum atomic E-state index is -4.71. The van der Waals surface area contributed by atoms with E-state index in [4.69, 9.17) is 5.73 Å². The third kappa shape index (κ3) is 5.21. The molecule has 94 valence electrons. The number of alkyl halides is 3. The summed E-state index contributed by atoms with van der Waals surface area (Å²) in [5.41, 5.74) is 6.09. The Hall–Kier alpha value is -1.76. The van der Waals surface area contributed by atoms with Crippen LogP contribution in [-0.2, 0) is 9.47 Å². The third-order valence-corrected chi connectivity index (χ3v) is 1.73. The topological polar surface area (TPSA) is 61.6 Å². The maximum atomic E-state index is 11.6. The first-order valence-corrected chi connectivity index (χ1v) is 4.62. The highest BCUT2D eigenvalue weighted by Gasteiger charge is 2.28. The summed E-state index contributed by atoms with van der Waals surface area (Å²) in [6, 6.07) is 5.82. The van der Waals surface area contributed by atoms with Gasteiger partial charge in [-0.15, -0.1) is 13.2 Å². The van der Waals surface area contributed by atoms with Crippen LogP contribution in [0.15, 0.2) is 24.3 Å². The summed E-state index contributed by atoms with van der Waals surface area (Å²) >= 11 is 0. The quantitative estimate of drug-likeness (QED) is 0.503. The maximum Gasteiger partial charge on any atom is 0.522 e. The standard InChI is InChI=1S/C10H10F3NO3/c11-10(12,13)17-6-5-16-9(15)7-1-3-8(14)4-2-7/h1-4H,5-6,14H2. The number of ether oxygens (including phenoxy) is 2. The van der Waals surface area contributed by atoms with Gasteiger partial charge in [-0.1, -0.05) is 0 Å². The van der Waals surface area contributed by atoms with E-state index in [2.05, 4.69) is 9.47 Å². The van der Waals surface area contributed by atoms with Gasteiger partial charge in [-0.3, -0.25) is 4.74 Å². The molecule has 0 unspecified atom stereocenters. The summed E-state index contributed by atoms with van der Waals surface area (Å²) in [6.45, 7) is -1.20. The van der Waals surface area contributed by atoms with E-state index in [1.165, 1.54) is 24.3 Å². The van der Waals surface area contributed by atoms with Crippen LogP contribution in [0.1, 0.15) is 10.4 Å². The Kier molecular flexibility index (Phi) is 4.33. The SMILES string of the molecule is Nc1ccc(C(=O)OCCOC(F)(F)F)cc1.